The highest BCUT2D eigenvalue weighted by Crippen LogP contribution is 2.21. The van der Waals surface area contributed by atoms with Crippen molar-refractivity contribution < 1.29 is 9.59 Å². The summed E-state index contributed by atoms with van der Waals surface area (Å²) in [5.41, 5.74) is 6.60. The number of rotatable bonds is 4. The fourth-order valence-corrected chi connectivity index (χ4v) is 2.76. The molecule has 1 aromatic rings. The highest BCUT2D eigenvalue weighted by atomic mass is 35.5. The van der Waals surface area contributed by atoms with Gasteiger partial charge in [-0.2, -0.15) is 0 Å². The van der Waals surface area contributed by atoms with Crippen LogP contribution in [0.2, 0.25) is 5.15 Å². The maximum absolute atomic E-state index is 12.5. The summed E-state index contributed by atoms with van der Waals surface area (Å²) in [6.07, 6.45) is 3.11. The van der Waals surface area contributed by atoms with Crippen molar-refractivity contribution in [3.05, 3.63) is 28.5 Å². The third-order valence-corrected chi connectivity index (χ3v) is 3.64. The van der Waals surface area contributed by atoms with E-state index in [2.05, 4.69) is 4.98 Å². The van der Waals surface area contributed by atoms with Crippen molar-refractivity contribution >= 4 is 23.4 Å². The number of pyridine rings is 1. The first-order chi connectivity index (χ1) is 9.52. The van der Waals surface area contributed by atoms with E-state index in [0.29, 0.717) is 23.7 Å². The second-order valence-corrected chi connectivity index (χ2v) is 5.37. The molecule has 2 amide bonds. The van der Waals surface area contributed by atoms with E-state index in [1.54, 1.807) is 12.1 Å². The second kappa shape index (κ2) is 6.22. The third-order valence-electron chi connectivity index (χ3n) is 3.44. The van der Waals surface area contributed by atoms with Crippen LogP contribution in [-0.2, 0) is 11.2 Å². The number of aryl methyl sites for hydroxylation is 1. The zero-order valence-corrected chi connectivity index (χ0v) is 12.2. The van der Waals surface area contributed by atoms with Crippen LogP contribution in [0.25, 0.3) is 0 Å². The summed E-state index contributed by atoms with van der Waals surface area (Å²) >= 11 is 5.96. The lowest BCUT2D eigenvalue weighted by Crippen LogP contribution is -2.43. The molecule has 1 aromatic heterocycles. The van der Waals surface area contributed by atoms with E-state index in [4.69, 9.17) is 17.3 Å². The first-order valence-electron chi connectivity index (χ1n) is 6.79. The molecule has 1 saturated heterocycles. The molecular weight excluding hydrogens is 278 g/mol. The van der Waals surface area contributed by atoms with Crippen molar-refractivity contribution in [1.29, 1.82) is 0 Å². The van der Waals surface area contributed by atoms with Gasteiger partial charge in [0.2, 0.25) is 5.91 Å². The first kappa shape index (κ1) is 14.8. The number of carbonyl (C=O) groups excluding carboxylic acids is 2. The highest BCUT2D eigenvalue weighted by Gasteiger charge is 2.33. The predicted octanol–water partition coefficient (Wildman–Crippen LogP) is 1.78. The summed E-state index contributed by atoms with van der Waals surface area (Å²) in [5, 5.41) is 0.300. The van der Waals surface area contributed by atoms with Gasteiger partial charge in [-0.25, -0.2) is 4.98 Å². The van der Waals surface area contributed by atoms with Gasteiger partial charge in [0.05, 0.1) is 0 Å². The van der Waals surface area contributed by atoms with Gasteiger partial charge in [0.1, 0.15) is 11.2 Å². The van der Waals surface area contributed by atoms with Crippen LogP contribution in [0.15, 0.2) is 12.1 Å². The van der Waals surface area contributed by atoms with Crippen molar-refractivity contribution in [2.24, 2.45) is 5.73 Å². The molecule has 1 unspecified atom stereocenters. The topological polar surface area (TPSA) is 76.3 Å². The predicted molar refractivity (Wildman–Crippen MR) is 76.5 cm³/mol. The Labute approximate surface area is 123 Å². The lowest BCUT2D eigenvalue weighted by molar-refractivity contribution is -0.121. The second-order valence-electron chi connectivity index (χ2n) is 4.98. The Bertz CT molecular complexity index is 533. The Morgan fingerprint density at radius 2 is 2.25 bits per heavy atom. The molecule has 5 nitrogen and oxygen atoms in total. The lowest BCUT2D eigenvalue weighted by Gasteiger charge is -2.22. The summed E-state index contributed by atoms with van der Waals surface area (Å²) in [6, 6.07) is 2.78. The molecular formula is C14H18ClN3O2. The zero-order valence-electron chi connectivity index (χ0n) is 11.4. The number of primary amides is 1. The van der Waals surface area contributed by atoms with Gasteiger partial charge in [0.15, 0.2) is 0 Å². The average Bonchev–Trinajstić information content (AvgIpc) is 2.86. The standard InChI is InChI=1S/C14H18ClN3O2/c1-2-4-10-7-9(8-12(15)17-10)14(20)18-6-3-5-11(18)13(16)19/h7-8,11H,2-6H2,1H3,(H2,16,19). The van der Waals surface area contributed by atoms with Gasteiger partial charge in [0.25, 0.3) is 5.91 Å². The minimum Gasteiger partial charge on any atom is -0.368 e. The SMILES string of the molecule is CCCc1cc(C(=O)N2CCCC2C(N)=O)cc(Cl)n1. The van der Waals surface area contributed by atoms with Crippen LogP contribution < -0.4 is 5.73 Å². The molecule has 1 aliphatic rings. The smallest absolute Gasteiger partial charge is 0.254 e. The molecule has 0 aromatic carbocycles. The minimum atomic E-state index is -0.510. The van der Waals surface area contributed by atoms with E-state index < -0.39 is 11.9 Å². The molecule has 6 heteroatoms. The molecule has 0 aliphatic carbocycles. The Kier molecular flexibility index (Phi) is 4.60. The number of carbonyl (C=O) groups is 2. The molecule has 2 heterocycles. The van der Waals surface area contributed by atoms with Crippen LogP contribution in [-0.4, -0.2) is 34.3 Å². The monoisotopic (exact) mass is 295 g/mol. The molecule has 0 bridgehead atoms. The maximum Gasteiger partial charge on any atom is 0.254 e. The van der Waals surface area contributed by atoms with Crippen LogP contribution in [0.4, 0.5) is 0 Å². The number of halogens is 1. The molecule has 0 saturated carbocycles. The van der Waals surface area contributed by atoms with E-state index in [-0.39, 0.29) is 5.91 Å². The van der Waals surface area contributed by atoms with Crippen LogP contribution in [0, 0.1) is 0 Å². The van der Waals surface area contributed by atoms with Crippen LogP contribution in [0.3, 0.4) is 0 Å². The van der Waals surface area contributed by atoms with Gasteiger partial charge in [-0.15, -0.1) is 0 Å². The summed E-state index contributed by atoms with van der Waals surface area (Å²) in [6.45, 7) is 2.59. The maximum atomic E-state index is 12.5. The number of amides is 2. The van der Waals surface area contributed by atoms with Crippen LogP contribution >= 0.6 is 11.6 Å². The van der Waals surface area contributed by atoms with Crippen molar-refractivity contribution in [2.45, 2.75) is 38.6 Å². The number of nitrogens with zero attached hydrogens (tertiary/aromatic N) is 2. The quantitative estimate of drug-likeness (QED) is 0.860. The number of hydrogen-bond donors (Lipinski definition) is 1. The van der Waals surface area contributed by atoms with E-state index in [9.17, 15) is 9.59 Å². The van der Waals surface area contributed by atoms with Gasteiger partial charge in [-0.3, -0.25) is 9.59 Å². The first-order valence-corrected chi connectivity index (χ1v) is 7.17. The molecule has 108 valence electrons. The number of nitrogens with two attached hydrogens (primary N) is 1. The lowest BCUT2D eigenvalue weighted by atomic mass is 10.1. The minimum absolute atomic E-state index is 0.201. The third kappa shape index (κ3) is 3.10. The summed E-state index contributed by atoms with van der Waals surface area (Å²) in [7, 11) is 0. The molecule has 1 aliphatic heterocycles. The highest BCUT2D eigenvalue weighted by molar-refractivity contribution is 6.29. The summed E-state index contributed by atoms with van der Waals surface area (Å²) < 4.78 is 0. The van der Waals surface area contributed by atoms with E-state index in [1.165, 1.54) is 4.90 Å². The van der Waals surface area contributed by atoms with E-state index in [1.807, 2.05) is 6.92 Å². The van der Waals surface area contributed by atoms with Gasteiger partial charge in [0, 0.05) is 17.8 Å². The van der Waals surface area contributed by atoms with Gasteiger partial charge < -0.3 is 10.6 Å². The molecule has 20 heavy (non-hydrogen) atoms. The Morgan fingerprint density at radius 3 is 2.90 bits per heavy atom. The van der Waals surface area contributed by atoms with E-state index in [0.717, 1.165) is 25.0 Å². The van der Waals surface area contributed by atoms with Crippen molar-refractivity contribution in [2.75, 3.05) is 6.54 Å². The van der Waals surface area contributed by atoms with Crippen molar-refractivity contribution in [1.82, 2.24) is 9.88 Å². The molecule has 2 rings (SSSR count). The molecule has 1 fully saturated rings. The van der Waals surface area contributed by atoms with Gasteiger partial charge >= 0.3 is 0 Å². The van der Waals surface area contributed by atoms with Gasteiger partial charge in [-0.1, -0.05) is 24.9 Å². The Balaban J connectivity index is 2.26. The number of likely N-dealkylation sites (tertiary alicyclic amines) is 1. The zero-order chi connectivity index (χ0) is 14.7. The Morgan fingerprint density at radius 1 is 1.50 bits per heavy atom. The van der Waals surface area contributed by atoms with Crippen LogP contribution in [0.5, 0.6) is 0 Å². The molecule has 0 spiro atoms. The molecule has 0 radical (unpaired) electrons. The number of hydrogen-bond acceptors (Lipinski definition) is 3. The Hall–Kier alpha value is -1.62. The molecule has 2 N–H and O–H groups in total. The van der Waals surface area contributed by atoms with Crippen LogP contribution in [0.1, 0.15) is 42.2 Å². The molecule has 1 atom stereocenters. The normalized spacial score (nSPS) is 18.3. The van der Waals surface area contributed by atoms with Crippen molar-refractivity contribution in [3.63, 3.8) is 0 Å². The van der Waals surface area contributed by atoms with E-state index >= 15 is 0 Å². The fraction of sp³-hybridized carbons (Fsp3) is 0.500. The largest absolute Gasteiger partial charge is 0.368 e. The number of aromatic nitrogens is 1. The fourth-order valence-electron chi connectivity index (χ4n) is 2.53. The van der Waals surface area contributed by atoms with Crippen molar-refractivity contribution in [3.8, 4) is 0 Å². The van der Waals surface area contributed by atoms with Gasteiger partial charge in [-0.05, 0) is 31.4 Å². The average molecular weight is 296 g/mol. The summed E-state index contributed by atoms with van der Waals surface area (Å²) in [5.74, 6) is -0.655. The summed E-state index contributed by atoms with van der Waals surface area (Å²) in [4.78, 5) is 29.6.